The highest BCUT2D eigenvalue weighted by Gasteiger charge is 2.14. The highest BCUT2D eigenvalue weighted by Crippen LogP contribution is 2.26. The smallest absolute Gasteiger partial charge is 0.217 e. The van der Waals surface area contributed by atoms with Gasteiger partial charge in [-0.25, -0.2) is 0 Å². The molecule has 0 radical (unpaired) electrons. The second kappa shape index (κ2) is 15.9. The van der Waals surface area contributed by atoms with Gasteiger partial charge in [0.05, 0.1) is 0 Å². The van der Waals surface area contributed by atoms with Gasteiger partial charge in [-0.05, 0) is 19.3 Å². The van der Waals surface area contributed by atoms with Gasteiger partial charge in [-0.2, -0.15) is 0 Å². The van der Waals surface area contributed by atoms with Crippen molar-refractivity contribution in [3.8, 4) is 0 Å². The van der Waals surface area contributed by atoms with Gasteiger partial charge in [-0.1, -0.05) is 58.4 Å². The molecule has 1 aliphatic rings. The number of nitrogens with two attached hydrogens (primary N) is 1. The Morgan fingerprint density at radius 3 is 2.00 bits per heavy atom. The number of primary amides is 1. The Hall–Kier alpha value is -1.12. The lowest BCUT2D eigenvalue weighted by molar-refractivity contribution is -0.118. The average molecular weight is 283 g/mol. The fourth-order valence-corrected chi connectivity index (χ4v) is 2.04. The molecule has 1 saturated carbocycles. The zero-order chi connectivity index (χ0) is 15.8. The molecular formula is C17H33NO2. The third-order valence-corrected chi connectivity index (χ3v) is 2.90. The summed E-state index contributed by atoms with van der Waals surface area (Å²) in [6.45, 7) is 9.38. The molecule has 3 heteroatoms. The highest BCUT2D eigenvalue weighted by atomic mass is 16.1. The van der Waals surface area contributed by atoms with Crippen molar-refractivity contribution >= 4 is 11.7 Å². The van der Waals surface area contributed by atoms with Crippen molar-refractivity contribution in [2.45, 2.75) is 78.6 Å². The summed E-state index contributed by atoms with van der Waals surface area (Å²) in [6.07, 6.45) is 11.5. The molecule has 0 heterocycles. The van der Waals surface area contributed by atoms with Crippen LogP contribution in [0.15, 0.2) is 12.7 Å². The molecule has 118 valence electrons. The molecule has 0 spiro atoms. The topological polar surface area (TPSA) is 60.2 Å². The standard InChI is InChI=1S/C9H16O.C5H9NO.C3H8/c1-8(10)7-9-5-3-2-4-6-9;1-2-3-4-5(6)7;1-3-2/h9H,2-7H2,1H3;2H,1,3-4H2,(H2,6,7);3H2,1-2H3. The lowest BCUT2D eigenvalue weighted by atomic mass is 9.86. The molecule has 20 heavy (non-hydrogen) atoms. The van der Waals surface area contributed by atoms with Crippen LogP contribution >= 0.6 is 0 Å². The Labute approximate surface area is 125 Å². The molecule has 0 aromatic rings. The first kappa shape index (κ1) is 21.2. The second-order valence-corrected chi connectivity index (χ2v) is 5.41. The van der Waals surface area contributed by atoms with Crippen molar-refractivity contribution < 1.29 is 9.59 Å². The van der Waals surface area contributed by atoms with E-state index < -0.39 is 0 Å². The minimum Gasteiger partial charge on any atom is -0.370 e. The molecule has 0 aromatic carbocycles. The highest BCUT2D eigenvalue weighted by molar-refractivity contribution is 5.75. The molecule has 1 fully saturated rings. The molecule has 2 N–H and O–H groups in total. The van der Waals surface area contributed by atoms with E-state index in [1.165, 1.54) is 38.5 Å². The summed E-state index contributed by atoms with van der Waals surface area (Å²) >= 11 is 0. The molecule has 1 rings (SSSR count). The molecular weight excluding hydrogens is 250 g/mol. The van der Waals surface area contributed by atoms with Gasteiger partial charge in [-0.15, -0.1) is 6.58 Å². The summed E-state index contributed by atoms with van der Waals surface area (Å²) in [5.41, 5.74) is 4.79. The van der Waals surface area contributed by atoms with Gasteiger partial charge >= 0.3 is 0 Å². The molecule has 0 aliphatic heterocycles. The van der Waals surface area contributed by atoms with Crippen molar-refractivity contribution in [2.75, 3.05) is 0 Å². The van der Waals surface area contributed by atoms with Crippen LogP contribution in [-0.2, 0) is 9.59 Å². The summed E-state index contributed by atoms with van der Waals surface area (Å²) in [4.78, 5) is 20.6. The van der Waals surface area contributed by atoms with Crippen LogP contribution in [0.5, 0.6) is 0 Å². The van der Waals surface area contributed by atoms with Crippen molar-refractivity contribution in [1.82, 2.24) is 0 Å². The average Bonchev–Trinajstić information content (AvgIpc) is 2.38. The number of rotatable bonds is 5. The van der Waals surface area contributed by atoms with Crippen molar-refractivity contribution in [2.24, 2.45) is 11.7 Å². The van der Waals surface area contributed by atoms with Gasteiger partial charge in [0, 0.05) is 12.8 Å². The van der Waals surface area contributed by atoms with Crippen LogP contribution in [0.4, 0.5) is 0 Å². The van der Waals surface area contributed by atoms with E-state index >= 15 is 0 Å². The van der Waals surface area contributed by atoms with E-state index in [9.17, 15) is 9.59 Å². The maximum Gasteiger partial charge on any atom is 0.217 e. The monoisotopic (exact) mass is 283 g/mol. The Kier molecular flexibility index (Phi) is 16.9. The number of hydrogen-bond donors (Lipinski definition) is 1. The summed E-state index contributed by atoms with van der Waals surface area (Å²) in [5, 5.41) is 0. The van der Waals surface area contributed by atoms with Crippen molar-refractivity contribution in [1.29, 1.82) is 0 Å². The lowest BCUT2D eigenvalue weighted by Crippen LogP contribution is -2.09. The van der Waals surface area contributed by atoms with Gasteiger partial charge in [0.15, 0.2) is 0 Å². The largest absolute Gasteiger partial charge is 0.370 e. The first-order valence-corrected chi connectivity index (χ1v) is 7.86. The maximum absolute atomic E-state index is 10.7. The van der Waals surface area contributed by atoms with Gasteiger partial charge in [0.25, 0.3) is 0 Å². The number of carbonyl (C=O) groups is 2. The minimum absolute atomic E-state index is 0.264. The summed E-state index contributed by atoms with van der Waals surface area (Å²) in [5.74, 6) is 0.832. The van der Waals surface area contributed by atoms with Crippen LogP contribution in [0.3, 0.4) is 0 Å². The van der Waals surface area contributed by atoms with E-state index in [2.05, 4.69) is 20.4 Å². The number of Topliss-reactive ketones (excluding diaryl/α,β-unsaturated/α-hetero) is 1. The summed E-state index contributed by atoms with van der Waals surface area (Å²) < 4.78 is 0. The lowest BCUT2D eigenvalue weighted by Gasteiger charge is -2.19. The third-order valence-electron chi connectivity index (χ3n) is 2.90. The number of hydrogen-bond acceptors (Lipinski definition) is 2. The molecule has 0 unspecified atom stereocenters. The van der Waals surface area contributed by atoms with E-state index in [4.69, 9.17) is 5.73 Å². The number of ketones is 1. The predicted molar refractivity (Wildman–Crippen MR) is 86.5 cm³/mol. The van der Waals surface area contributed by atoms with Crippen LogP contribution in [0.2, 0.25) is 0 Å². The van der Waals surface area contributed by atoms with E-state index in [1.54, 1.807) is 13.0 Å². The Bertz CT molecular complexity index is 256. The van der Waals surface area contributed by atoms with E-state index in [1.807, 2.05) is 0 Å². The number of carbonyl (C=O) groups excluding carboxylic acids is 2. The third kappa shape index (κ3) is 19.2. The SMILES string of the molecule is C=CCCC(N)=O.CC(=O)CC1CCCCC1.CCC. The molecule has 3 nitrogen and oxygen atoms in total. The Morgan fingerprint density at radius 1 is 1.20 bits per heavy atom. The van der Waals surface area contributed by atoms with Crippen LogP contribution in [0.25, 0.3) is 0 Å². The van der Waals surface area contributed by atoms with Gasteiger partial charge < -0.3 is 10.5 Å². The fraction of sp³-hybridized carbons (Fsp3) is 0.765. The van der Waals surface area contributed by atoms with Gasteiger partial charge in [-0.3, -0.25) is 4.79 Å². The second-order valence-electron chi connectivity index (χ2n) is 5.41. The molecule has 0 aromatic heterocycles. The van der Waals surface area contributed by atoms with Gasteiger partial charge in [0.2, 0.25) is 5.91 Å². The molecule has 1 amide bonds. The number of allylic oxidation sites excluding steroid dienone is 1. The van der Waals surface area contributed by atoms with Crippen LogP contribution in [-0.4, -0.2) is 11.7 Å². The summed E-state index contributed by atoms with van der Waals surface area (Å²) in [6, 6.07) is 0. The summed E-state index contributed by atoms with van der Waals surface area (Å²) in [7, 11) is 0. The maximum atomic E-state index is 10.7. The minimum atomic E-state index is -0.264. The van der Waals surface area contributed by atoms with Crippen molar-refractivity contribution in [3.05, 3.63) is 12.7 Å². The zero-order valence-electron chi connectivity index (χ0n) is 13.6. The quantitative estimate of drug-likeness (QED) is 0.760. The van der Waals surface area contributed by atoms with E-state index in [-0.39, 0.29) is 5.91 Å². The van der Waals surface area contributed by atoms with Gasteiger partial charge in [0.1, 0.15) is 5.78 Å². The first-order valence-electron chi connectivity index (χ1n) is 7.86. The molecule has 0 bridgehead atoms. The predicted octanol–water partition coefficient (Wildman–Crippen LogP) is 4.40. The molecule has 0 saturated heterocycles. The van der Waals surface area contributed by atoms with Crippen LogP contribution in [0.1, 0.15) is 78.6 Å². The zero-order valence-corrected chi connectivity index (χ0v) is 13.6. The van der Waals surface area contributed by atoms with Crippen molar-refractivity contribution in [3.63, 3.8) is 0 Å². The molecule has 0 atom stereocenters. The van der Waals surface area contributed by atoms with Crippen LogP contribution in [0, 0.1) is 5.92 Å². The molecule has 1 aliphatic carbocycles. The fourth-order valence-electron chi connectivity index (χ4n) is 2.04. The Balaban J connectivity index is 0. The first-order chi connectivity index (χ1) is 9.47. The van der Waals surface area contributed by atoms with E-state index in [0.717, 1.165) is 12.3 Å². The normalized spacial score (nSPS) is 14.2. The Morgan fingerprint density at radius 2 is 1.70 bits per heavy atom. The van der Waals surface area contributed by atoms with E-state index in [0.29, 0.717) is 18.6 Å². The van der Waals surface area contributed by atoms with Crippen LogP contribution < -0.4 is 5.73 Å². The number of amides is 1.